The zero-order valence-corrected chi connectivity index (χ0v) is 10.0. The third-order valence-electron chi connectivity index (χ3n) is 3.20. The first-order valence-corrected chi connectivity index (χ1v) is 5.82. The summed E-state index contributed by atoms with van der Waals surface area (Å²) in [5, 5.41) is 2.00. The van der Waals surface area contributed by atoms with E-state index in [1.54, 1.807) is 0 Å². The van der Waals surface area contributed by atoms with Crippen LogP contribution >= 0.6 is 0 Å². The molecule has 2 aromatic carbocycles. The molecule has 0 aliphatic carbocycles. The molecule has 0 spiro atoms. The highest BCUT2D eigenvalue weighted by Gasteiger charge is 2.16. The zero-order chi connectivity index (χ0) is 11.8. The van der Waals surface area contributed by atoms with E-state index >= 15 is 0 Å². The van der Waals surface area contributed by atoms with E-state index in [2.05, 4.69) is 42.0 Å². The van der Waals surface area contributed by atoms with Gasteiger partial charge in [-0.25, -0.2) is 0 Å². The Hall–Kier alpha value is -1.96. The monoisotopic (exact) mass is 222 g/mol. The minimum atomic E-state index is -0.0615. The lowest BCUT2D eigenvalue weighted by Gasteiger charge is -2.11. The number of fused-ring (bicyclic) bond motifs is 1. The fourth-order valence-corrected chi connectivity index (χ4v) is 2.34. The van der Waals surface area contributed by atoms with Crippen LogP contribution < -0.4 is 10.7 Å². The highest BCUT2D eigenvalue weighted by molar-refractivity contribution is 5.36. The molecule has 0 atom stereocenters. The fourth-order valence-electron chi connectivity index (χ4n) is 2.34. The van der Waals surface area contributed by atoms with Crippen molar-refractivity contribution in [3.05, 3.63) is 69.9 Å². The van der Waals surface area contributed by atoms with Crippen molar-refractivity contribution in [2.75, 3.05) is 0 Å². The fraction of sp³-hybridized carbons (Fsp3) is 0.200. The molecule has 0 radical (unpaired) electrons. The molecule has 0 N–H and O–H groups in total. The Kier molecular flexibility index (Phi) is 2.29. The van der Waals surface area contributed by atoms with E-state index in [-0.39, 0.29) is 6.17 Å². The lowest BCUT2D eigenvalue weighted by molar-refractivity contribution is 0.758. The summed E-state index contributed by atoms with van der Waals surface area (Å²) >= 11 is 0. The average molecular weight is 222 g/mol. The molecular formula is C15H14N2. The Morgan fingerprint density at radius 2 is 1.29 bits per heavy atom. The molecule has 1 aliphatic rings. The SMILES string of the molecule is Cc1cccc(C)c1C1N=c2ccccc2=N1. The van der Waals surface area contributed by atoms with E-state index in [0.717, 1.165) is 10.7 Å². The topological polar surface area (TPSA) is 24.7 Å². The van der Waals surface area contributed by atoms with Crippen molar-refractivity contribution in [2.45, 2.75) is 20.0 Å². The molecule has 0 saturated heterocycles. The second-order valence-corrected chi connectivity index (χ2v) is 4.43. The van der Waals surface area contributed by atoms with Gasteiger partial charge in [0.25, 0.3) is 0 Å². The number of hydrogen-bond donors (Lipinski definition) is 0. The van der Waals surface area contributed by atoms with Gasteiger partial charge in [0.2, 0.25) is 0 Å². The molecule has 0 unspecified atom stereocenters. The summed E-state index contributed by atoms with van der Waals surface area (Å²) in [6.45, 7) is 4.24. The molecule has 0 aromatic heterocycles. The van der Waals surface area contributed by atoms with Gasteiger partial charge in [-0.2, -0.15) is 0 Å². The highest BCUT2D eigenvalue weighted by atomic mass is 15.0. The first-order valence-electron chi connectivity index (χ1n) is 5.82. The summed E-state index contributed by atoms with van der Waals surface area (Å²) in [7, 11) is 0. The molecular weight excluding hydrogens is 208 g/mol. The van der Waals surface area contributed by atoms with Crippen LogP contribution in [0.4, 0.5) is 0 Å². The van der Waals surface area contributed by atoms with Gasteiger partial charge in [0, 0.05) is 5.56 Å². The molecule has 2 aromatic rings. The highest BCUT2D eigenvalue weighted by Crippen LogP contribution is 2.26. The Morgan fingerprint density at radius 1 is 0.765 bits per heavy atom. The summed E-state index contributed by atoms with van der Waals surface area (Å²) in [6.07, 6.45) is -0.0615. The van der Waals surface area contributed by atoms with Crippen molar-refractivity contribution in [3.8, 4) is 0 Å². The van der Waals surface area contributed by atoms with E-state index < -0.39 is 0 Å². The van der Waals surface area contributed by atoms with Crippen molar-refractivity contribution in [3.63, 3.8) is 0 Å². The van der Waals surface area contributed by atoms with E-state index in [1.807, 2.05) is 24.3 Å². The second-order valence-electron chi connectivity index (χ2n) is 4.43. The van der Waals surface area contributed by atoms with Crippen LogP contribution in [0.5, 0.6) is 0 Å². The summed E-state index contributed by atoms with van der Waals surface area (Å²) in [5.74, 6) is 0. The zero-order valence-electron chi connectivity index (χ0n) is 10.0. The van der Waals surface area contributed by atoms with Gasteiger partial charge in [0.1, 0.15) is 0 Å². The standard InChI is InChI=1S/C15H14N2/c1-10-6-5-7-11(2)14(10)15-16-12-8-3-4-9-13(12)17-15/h3-9,15H,1-2H3. The van der Waals surface area contributed by atoms with Gasteiger partial charge in [0.05, 0.1) is 10.7 Å². The van der Waals surface area contributed by atoms with Crippen LogP contribution in [0.1, 0.15) is 22.9 Å². The van der Waals surface area contributed by atoms with Crippen molar-refractivity contribution in [1.82, 2.24) is 0 Å². The van der Waals surface area contributed by atoms with Gasteiger partial charge in [-0.3, -0.25) is 9.98 Å². The maximum Gasteiger partial charge on any atom is 0.167 e. The molecule has 1 aliphatic heterocycles. The third-order valence-corrected chi connectivity index (χ3v) is 3.20. The number of hydrogen-bond acceptors (Lipinski definition) is 2. The minimum absolute atomic E-state index is 0.0615. The summed E-state index contributed by atoms with van der Waals surface area (Å²) in [5.41, 5.74) is 3.76. The molecule has 0 bridgehead atoms. The van der Waals surface area contributed by atoms with Crippen molar-refractivity contribution in [1.29, 1.82) is 0 Å². The van der Waals surface area contributed by atoms with Crippen LogP contribution in [0.15, 0.2) is 52.4 Å². The average Bonchev–Trinajstić information content (AvgIpc) is 2.71. The van der Waals surface area contributed by atoms with Gasteiger partial charge < -0.3 is 0 Å². The largest absolute Gasteiger partial charge is 0.252 e. The molecule has 2 nitrogen and oxygen atoms in total. The van der Waals surface area contributed by atoms with Crippen LogP contribution in [0, 0.1) is 13.8 Å². The maximum atomic E-state index is 4.68. The Morgan fingerprint density at radius 3 is 1.82 bits per heavy atom. The van der Waals surface area contributed by atoms with Gasteiger partial charge in [-0.15, -0.1) is 0 Å². The van der Waals surface area contributed by atoms with Crippen molar-refractivity contribution >= 4 is 0 Å². The van der Waals surface area contributed by atoms with Crippen LogP contribution in [0.25, 0.3) is 0 Å². The molecule has 17 heavy (non-hydrogen) atoms. The summed E-state index contributed by atoms with van der Waals surface area (Å²) < 4.78 is 0. The lowest BCUT2D eigenvalue weighted by Crippen LogP contribution is -2.19. The number of rotatable bonds is 1. The molecule has 2 heteroatoms. The Bertz CT molecular complexity index is 631. The molecule has 3 rings (SSSR count). The molecule has 84 valence electrons. The number of benzene rings is 2. The lowest BCUT2D eigenvalue weighted by atomic mass is 10.0. The maximum absolute atomic E-state index is 4.68. The van der Waals surface area contributed by atoms with Crippen molar-refractivity contribution < 1.29 is 0 Å². The smallest absolute Gasteiger partial charge is 0.167 e. The van der Waals surface area contributed by atoms with E-state index in [0.29, 0.717) is 0 Å². The van der Waals surface area contributed by atoms with Gasteiger partial charge >= 0.3 is 0 Å². The van der Waals surface area contributed by atoms with E-state index in [4.69, 9.17) is 0 Å². The van der Waals surface area contributed by atoms with Crippen molar-refractivity contribution in [2.24, 2.45) is 9.98 Å². The second kappa shape index (κ2) is 3.81. The van der Waals surface area contributed by atoms with Crippen LogP contribution in [-0.2, 0) is 0 Å². The van der Waals surface area contributed by atoms with Crippen LogP contribution in [-0.4, -0.2) is 0 Å². The Balaban J connectivity index is 2.18. The van der Waals surface area contributed by atoms with Crippen LogP contribution in [0.2, 0.25) is 0 Å². The quantitative estimate of drug-likeness (QED) is 0.707. The van der Waals surface area contributed by atoms with E-state index in [9.17, 15) is 0 Å². The molecule has 0 fully saturated rings. The normalized spacial score (nSPS) is 14.0. The van der Waals surface area contributed by atoms with E-state index in [1.165, 1.54) is 16.7 Å². The predicted molar refractivity (Wildman–Crippen MR) is 67.4 cm³/mol. The number of nitrogens with zero attached hydrogens (tertiary/aromatic N) is 2. The Labute approximate surface area is 100 Å². The first kappa shape index (κ1) is 10.2. The third kappa shape index (κ3) is 1.66. The van der Waals surface area contributed by atoms with Crippen LogP contribution in [0.3, 0.4) is 0 Å². The first-order chi connectivity index (χ1) is 8.25. The molecule has 0 saturated carbocycles. The summed E-state index contributed by atoms with van der Waals surface area (Å²) in [6, 6.07) is 14.4. The number of aryl methyl sites for hydroxylation is 2. The van der Waals surface area contributed by atoms with Gasteiger partial charge in [0.15, 0.2) is 6.17 Å². The minimum Gasteiger partial charge on any atom is -0.252 e. The molecule has 0 amide bonds. The summed E-state index contributed by atoms with van der Waals surface area (Å²) in [4.78, 5) is 9.35. The van der Waals surface area contributed by atoms with Gasteiger partial charge in [-0.1, -0.05) is 30.3 Å². The molecule has 1 heterocycles. The van der Waals surface area contributed by atoms with Gasteiger partial charge in [-0.05, 0) is 37.1 Å². The number of para-hydroxylation sites is 2. The predicted octanol–water partition coefficient (Wildman–Crippen LogP) is 2.26.